The van der Waals surface area contributed by atoms with Crippen molar-refractivity contribution in [3.63, 3.8) is 0 Å². The van der Waals surface area contributed by atoms with Crippen molar-refractivity contribution in [2.75, 3.05) is 13.1 Å². The maximum atomic E-state index is 12.5. The fourth-order valence-electron chi connectivity index (χ4n) is 2.60. The minimum Gasteiger partial charge on any atom is -0.355 e. The van der Waals surface area contributed by atoms with Gasteiger partial charge in [0.15, 0.2) is 11.5 Å². The molecule has 1 aliphatic heterocycles. The topological polar surface area (TPSA) is 72.4 Å². The quantitative estimate of drug-likeness (QED) is 0.908. The van der Waals surface area contributed by atoms with E-state index in [1.165, 1.54) is 11.3 Å². The molecule has 3 heterocycles. The zero-order valence-corrected chi connectivity index (χ0v) is 14.2. The molecule has 2 N–H and O–H groups in total. The average Bonchev–Trinajstić information content (AvgIpc) is 3.15. The molecule has 0 aromatic carbocycles. The van der Waals surface area contributed by atoms with Gasteiger partial charge < -0.3 is 15.2 Å². The Labute approximate surface area is 143 Å². The first-order valence-corrected chi connectivity index (χ1v) is 8.12. The highest BCUT2D eigenvalue weighted by Gasteiger charge is 2.28. The van der Waals surface area contributed by atoms with E-state index in [0.717, 1.165) is 30.7 Å². The second-order valence-corrected chi connectivity index (χ2v) is 6.78. The number of piperidine rings is 1. The van der Waals surface area contributed by atoms with E-state index in [1.54, 1.807) is 12.1 Å². The number of nitrogens with zero attached hydrogens (tertiary/aromatic N) is 2. The third kappa shape index (κ3) is 3.46. The molecule has 3 rings (SSSR count). The van der Waals surface area contributed by atoms with E-state index < -0.39 is 0 Å². The summed E-state index contributed by atoms with van der Waals surface area (Å²) in [6.07, 6.45) is 3.07. The van der Waals surface area contributed by atoms with Crippen molar-refractivity contribution >= 4 is 41.3 Å². The lowest BCUT2D eigenvalue weighted by Gasteiger charge is -2.34. The minimum absolute atomic E-state index is 0. The predicted molar refractivity (Wildman–Crippen MR) is 89.8 cm³/mol. The zero-order valence-electron chi connectivity index (χ0n) is 11.8. The van der Waals surface area contributed by atoms with Gasteiger partial charge in [0, 0.05) is 25.2 Å². The lowest BCUT2D eigenvalue weighted by atomic mass is 10.0. The van der Waals surface area contributed by atoms with Gasteiger partial charge in [-0.1, -0.05) is 16.8 Å². The van der Waals surface area contributed by atoms with Gasteiger partial charge in [-0.15, -0.1) is 23.7 Å². The first-order chi connectivity index (χ1) is 10.2. The smallest absolute Gasteiger partial charge is 0.276 e. The molecule has 1 aliphatic rings. The predicted octanol–water partition coefficient (Wildman–Crippen LogP) is 3.43. The van der Waals surface area contributed by atoms with Gasteiger partial charge >= 0.3 is 0 Å². The summed E-state index contributed by atoms with van der Waals surface area (Å²) in [5.41, 5.74) is 6.09. The van der Waals surface area contributed by atoms with Crippen LogP contribution in [0.15, 0.2) is 22.7 Å². The number of carbonyl (C=O) groups excluding carboxylic acids is 1. The van der Waals surface area contributed by atoms with Crippen LogP contribution >= 0.6 is 35.3 Å². The summed E-state index contributed by atoms with van der Waals surface area (Å²) in [6.45, 7) is 1.21. The molecule has 0 bridgehead atoms. The van der Waals surface area contributed by atoms with Gasteiger partial charge in [-0.3, -0.25) is 4.79 Å². The van der Waals surface area contributed by atoms with E-state index in [0.29, 0.717) is 22.3 Å². The van der Waals surface area contributed by atoms with Crippen molar-refractivity contribution < 1.29 is 9.32 Å². The lowest BCUT2D eigenvalue weighted by molar-refractivity contribution is 0.0613. The molecular formula is C14H17Cl2N3O2S. The second-order valence-electron chi connectivity index (χ2n) is 5.06. The summed E-state index contributed by atoms with van der Waals surface area (Å²) < 4.78 is 5.94. The molecule has 22 heavy (non-hydrogen) atoms. The number of hydrogen-bond acceptors (Lipinski definition) is 5. The van der Waals surface area contributed by atoms with E-state index in [2.05, 4.69) is 5.16 Å². The van der Waals surface area contributed by atoms with Crippen molar-refractivity contribution in [1.29, 1.82) is 0 Å². The van der Waals surface area contributed by atoms with Crippen LogP contribution in [0.1, 0.15) is 29.8 Å². The van der Waals surface area contributed by atoms with Crippen LogP contribution in [0.25, 0.3) is 10.6 Å². The molecule has 1 unspecified atom stereocenters. The van der Waals surface area contributed by atoms with Gasteiger partial charge in [0.1, 0.15) is 0 Å². The molecular weight excluding hydrogens is 345 g/mol. The number of halogens is 2. The molecule has 1 fully saturated rings. The lowest BCUT2D eigenvalue weighted by Crippen LogP contribution is -2.47. The summed E-state index contributed by atoms with van der Waals surface area (Å²) >= 11 is 7.30. The molecule has 120 valence electrons. The maximum absolute atomic E-state index is 12.5. The van der Waals surface area contributed by atoms with E-state index in [-0.39, 0.29) is 24.4 Å². The van der Waals surface area contributed by atoms with Crippen LogP contribution in [-0.2, 0) is 0 Å². The minimum atomic E-state index is -0.109. The summed E-state index contributed by atoms with van der Waals surface area (Å²) in [6, 6.07) is 5.42. The Balaban J connectivity index is 0.00000176. The van der Waals surface area contributed by atoms with Crippen LogP contribution in [0, 0.1) is 0 Å². The number of rotatable bonds is 3. The van der Waals surface area contributed by atoms with Crippen LogP contribution in [0.5, 0.6) is 0 Å². The Kier molecular flexibility index (Phi) is 5.86. The van der Waals surface area contributed by atoms with Gasteiger partial charge in [-0.25, -0.2) is 0 Å². The van der Waals surface area contributed by atoms with Gasteiger partial charge in [0.2, 0.25) is 0 Å². The number of thiophene rings is 1. The molecule has 0 aliphatic carbocycles. The van der Waals surface area contributed by atoms with Crippen molar-refractivity contribution in [2.45, 2.75) is 25.3 Å². The van der Waals surface area contributed by atoms with E-state index >= 15 is 0 Å². The number of amides is 1. The largest absolute Gasteiger partial charge is 0.355 e. The van der Waals surface area contributed by atoms with Crippen molar-refractivity contribution in [2.24, 2.45) is 5.73 Å². The summed E-state index contributed by atoms with van der Waals surface area (Å²) in [5, 5.41) is 3.90. The fraction of sp³-hybridized carbons (Fsp3) is 0.429. The molecule has 2 aromatic rings. The normalized spacial score (nSPS) is 18.1. The van der Waals surface area contributed by atoms with Crippen LogP contribution in [0.2, 0.25) is 4.34 Å². The third-order valence-electron chi connectivity index (χ3n) is 3.71. The molecule has 5 nitrogen and oxygen atoms in total. The van der Waals surface area contributed by atoms with E-state index in [4.69, 9.17) is 21.9 Å². The zero-order chi connectivity index (χ0) is 14.8. The summed E-state index contributed by atoms with van der Waals surface area (Å²) in [4.78, 5) is 15.2. The van der Waals surface area contributed by atoms with Crippen molar-refractivity contribution in [3.8, 4) is 10.6 Å². The summed E-state index contributed by atoms with van der Waals surface area (Å²) in [7, 11) is 0. The average molecular weight is 362 g/mol. The Bertz CT molecular complexity index is 644. The van der Waals surface area contributed by atoms with Crippen LogP contribution in [0.3, 0.4) is 0 Å². The molecule has 0 spiro atoms. The number of nitrogens with two attached hydrogens (primary N) is 1. The molecule has 1 saturated heterocycles. The SMILES string of the molecule is Cl.NCC1CCCCN1C(=O)c1cc(-c2ccc(Cl)s2)on1. The molecule has 0 radical (unpaired) electrons. The Morgan fingerprint density at radius 2 is 2.32 bits per heavy atom. The Morgan fingerprint density at radius 3 is 3.00 bits per heavy atom. The number of likely N-dealkylation sites (tertiary alicyclic amines) is 1. The van der Waals surface area contributed by atoms with Crippen molar-refractivity contribution in [3.05, 3.63) is 28.2 Å². The number of carbonyl (C=O) groups is 1. The van der Waals surface area contributed by atoms with Gasteiger partial charge in [0.25, 0.3) is 5.91 Å². The first-order valence-electron chi connectivity index (χ1n) is 6.92. The van der Waals surface area contributed by atoms with Gasteiger partial charge in [-0.2, -0.15) is 0 Å². The van der Waals surface area contributed by atoms with Crippen LogP contribution < -0.4 is 5.73 Å². The van der Waals surface area contributed by atoms with Gasteiger partial charge in [0.05, 0.1) is 9.21 Å². The van der Waals surface area contributed by atoms with Crippen LogP contribution in [0.4, 0.5) is 0 Å². The monoisotopic (exact) mass is 361 g/mol. The van der Waals surface area contributed by atoms with E-state index in [9.17, 15) is 4.79 Å². The van der Waals surface area contributed by atoms with Gasteiger partial charge in [-0.05, 0) is 31.4 Å². The number of hydrogen-bond donors (Lipinski definition) is 1. The van der Waals surface area contributed by atoms with E-state index in [1.807, 2.05) is 11.0 Å². The molecule has 2 aromatic heterocycles. The maximum Gasteiger partial charge on any atom is 0.276 e. The highest BCUT2D eigenvalue weighted by atomic mass is 35.5. The fourth-order valence-corrected chi connectivity index (χ4v) is 3.59. The molecule has 0 saturated carbocycles. The summed E-state index contributed by atoms with van der Waals surface area (Å²) in [5.74, 6) is 0.458. The Hall–Kier alpha value is -1.08. The molecule has 8 heteroatoms. The standard InChI is InChI=1S/C14H16ClN3O2S.ClH/c15-13-5-4-12(21-13)11-7-10(17-20-11)14(19)18-6-2-1-3-9(18)8-16;/h4-5,7,9H,1-3,6,8,16H2;1H. The first kappa shape index (κ1) is 17.3. The second kappa shape index (κ2) is 7.46. The molecule has 1 atom stereocenters. The Morgan fingerprint density at radius 1 is 1.50 bits per heavy atom. The third-order valence-corrected chi connectivity index (χ3v) is 4.95. The van der Waals surface area contributed by atoms with Crippen molar-refractivity contribution in [1.82, 2.24) is 10.1 Å². The van der Waals surface area contributed by atoms with Crippen LogP contribution in [-0.4, -0.2) is 35.1 Å². The molecule has 1 amide bonds. The number of aromatic nitrogens is 1. The highest BCUT2D eigenvalue weighted by Crippen LogP contribution is 2.31. The highest BCUT2D eigenvalue weighted by molar-refractivity contribution is 7.19.